The molecule has 0 saturated carbocycles. The van der Waals surface area contributed by atoms with Crippen molar-refractivity contribution in [2.24, 2.45) is 0 Å². The molecule has 5 nitrogen and oxygen atoms in total. The SMILES string of the molecule is COCC(C)n1c(C)cc(C(=O)CSc2ncc(-c3ccccc3)n2CC(F)(F)F)c1C. The second-order valence-corrected chi connectivity index (χ2v) is 8.61. The van der Waals surface area contributed by atoms with Crippen LogP contribution in [0, 0.1) is 13.8 Å². The van der Waals surface area contributed by atoms with Gasteiger partial charge in [-0.05, 0) is 32.4 Å². The van der Waals surface area contributed by atoms with Gasteiger partial charge in [-0.25, -0.2) is 4.98 Å². The molecule has 0 aliphatic rings. The molecule has 0 radical (unpaired) electrons. The van der Waals surface area contributed by atoms with Crippen molar-refractivity contribution in [3.05, 3.63) is 59.5 Å². The number of Topliss-reactive ketones (excluding diaryl/α,β-unsaturated/α-hetero) is 1. The Bertz CT molecular complexity index is 1070. The molecule has 3 aromatic rings. The minimum Gasteiger partial charge on any atom is -0.383 e. The standard InChI is InChI=1S/C23H26F3N3O2S/c1-15-10-19(17(3)29(15)16(2)12-31-4)21(30)13-32-22-27-11-20(18-8-6-5-7-9-18)28(22)14-23(24,25)26/h5-11,16H,12-14H2,1-4H3. The molecule has 0 bridgehead atoms. The molecule has 1 aromatic carbocycles. The van der Waals surface area contributed by atoms with Gasteiger partial charge in [0.15, 0.2) is 10.9 Å². The molecule has 0 aliphatic carbocycles. The van der Waals surface area contributed by atoms with E-state index in [2.05, 4.69) is 4.98 Å². The fourth-order valence-corrected chi connectivity index (χ4v) is 4.77. The van der Waals surface area contributed by atoms with E-state index in [9.17, 15) is 18.0 Å². The minimum absolute atomic E-state index is 0.00788. The number of nitrogens with zero attached hydrogens (tertiary/aromatic N) is 3. The van der Waals surface area contributed by atoms with Gasteiger partial charge in [-0.15, -0.1) is 0 Å². The molecule has 3 rings (SSSR count). The quantitative estimate of drug-likeness (QED) is 0.300. The van der Waals surface area contributed by atoms with Crippen molar-refractivity contribution in [1.82, 2.24) is 14.1 Å². The van der Waals surface area contributed by atoms with Gasteiger partial charge in [0, 0.05) is 24.1 Å². The summed E-state index contributed by atoms with van der Waals surface area (Å²) in [7, 11) is 1.63. The van der Waals surface area contributed by atoms with E-state index in [0.29, 0.717) is 23.4 Å². The number of ether oxygens (including phenoxy) is 1. The number of carbonyl (C=O) groups is 1. The number of carbonyl (C=O) groups excluding carboxylic acids is 1. The van der Waals surface area contributed by atoms with E-state index in [-0.39, 0.29) is 22.7 Å². The molecule has 32 heavy (non-hydrogen) atoms. The van der Waals surface area contributed by atoms with Crippen LogP contribution in [-0.2, 0) is 11.3 Å². The molecule has 0 aliphatic heterocycles. The monoisotopic (exact) mass is 465 g/mol. The lowest BCUT2D eigenvalue weighted by Crippen LogP contribution is -2.19. The molecular formula is C23H26F3N3O2S. The summed E-state index contributed by atoms with van der Waals surface area (Å²) < 4.78 is 48.2. The van der Waals surface area contributed by atoms with Crippen molar-refractivity contribution >= 4 is 17.5 Å². The van der Waals surface area contributed by atoms with E-state index in [1.54, 1.807) is 37.4 Å². The number of benzene rings is 1. The first-order chi connectivity index (χ1) is 15.1. The molecule has 2 heterocycles. The van der Waals surface area contributed by atoms with Crippen LogP contribution in [-0.4, -0.2) is 45.5 Å². The van der Waals surface area contributed by atoms with Gasteiger partial charge in [0.1, 0.15) is 6.54 Å². The summed E-state index contributed by atoms with van der Waals surface area (Å²) >= 11 is 1.02. The van der Waals surface area contributed by atoms with Gasteiger partial charge < -0.3 is 13.9 Å². The average Bonchev–Trinajstić information content (AvgIpc) is 3.25. The molecule has 1 atom stereocenters. The van der Waals surface area contributed by atoms with E-state index >= 15 is 0 Å². The van der Waals surface area contributed by atoms with Crippen LogP contribution in [0.15, 0.2) is 47.8 Å². The summed E-state index contributed by atoms with van der Waals surface area (Å²) in [4.78, 5) is 17.1. The van der Waals surface area contributed by atoms with Crippen LogP contribution >= 0.6 is 11.8 Å². The first-order valence-corrected chi connectivity index (χ1v) is 11.1. The normalized spacial score (nSPS) is 12.8. The predicted molar refractivity (Wildman–Crippen MR) is 119 cm³/mol. The maximum atomic E-state index is 13.3. The Hall–Kier alpha value is -2.52. The molecular weight excluding hydrogens is 439 g/mol. The maximum Gasteiger partial charge on any atom is 0.406 e. The lowest BCUT2D eigenvalue weighted by Gasteiger charge is -2.17. The number of imidazole rings is 1. The molecule has 0 amide bonds. The Balaban J connectivity index is 1.84. The summed E-state index contributed by atoms with van der Waals surface area (Å²) in [5.41, 5.74) is 3.32. The van der Waals surface area contributed by atoms with Crippen molar-refractivity contribution in [2.75, 3.05) is 19.5 Å². The number of methoxy groups -OCH3 is 1. The molecule has 1 unspecified atom stereocenters. The Morgan fingerprint density at radius 3 is 2.53 bits per heavy atom. The van der Waals surface area contributed by atoms with Gasteiger partial charge in [0.05, 0.1) is 30.3 Å². The molecule has 9 heteroatoms. The summed E-state index contributed by atoms with van der Waals surface area (Å²) in [5.74, 6) is -0.159. The highest BCUT2D eigenvalue weighted by Gasteiger charge is 2.31. The Labute approximate surface area is 189 Å². The van der Waals surface area contributed by atoms with Crippen molar-refractivity contribution in [3.63, 3.8) is 0 Å². The fourth-order valence-electron chi connectivity index (χ4n) is 3.91. The number of hydrogen-bond donors (Lipinski definition) is 0. The highest BCUT2D eigenvalue weighted by Crippen LogP contribution is 2.31. The number of aromatic nitrogens is 3. The number of alkyl halides is 3. The first kappa shape index (κ1) is 24.1. The number of halogens is 3. The minimum atomic E-state index is -4.41. The number of rotatable bonds is 9. The van der Waals surface area contributed by atoms with Crippen LogP contribution in [0.25, 0.3) is 11.3 Å². The molecule has 172 valence electrons. The highest BCUT2D eigenvalue weighted by molar-refractivity contribution is 7.99. The van der Waals surface area contributed by atoms with Gasteiger partial charge in [0.25, 0.3) is 0 Å². The van der Waals surface area contributed by atoms with Gasteiger partial charge >= 0.3 is 6.18 Å². The second kappa shape index (κ2) is 9.95. The maximum absolute atomic E-state index is 13.3. The Kier molecular flexibility index (Phi) is 7.51. The zero-order chi connectivity index (χ0) is 23.5. The van der Waals surface area contributed by atoms with Gasteiger partial charge in [-0.3, -0.25) is 4.79 Å². The number of aryl methyl sites for hydroxylation is 1. The van der Waals surface area contributed by atoms with Crippen molar-refractivity contribution < 1.29 is 22.7 Å². The lowest BCUT2D eigenvalue weighted by molar-refractivity contribution is -0.141. The van der Waals surface area contributed by atoms with Crippen LogP contribution < -0.4 is 0 Å². The van der Waals surface area contributed by atoms with Crippen molar-refractivity contribution in [2.45, 2.75) is 44.7 Å². The molecule has 2 aromatic heterocycles. The largest absolute Gasteiger partial charge is 0.406 e. The smallest absolute Gasteiger partial charge is 0.383 e. The molecule has 0 saturated heterocycles. The summed E-state index contributed by atoms with van der Waals surface area (Å²) in [5, 5.41) is 0.163. The molecule has 0 N–H and O–H groups in total. The predicted octanol–water partition coefficient (Wildman–Crippen LogP) is 5.71. The number of hydrogen-bond acceptors (Lipinski definition) is 4. The topological polar surface area (TPSA) is 49.1 Å². The number of thioether (sulfide) groups is 1. The Morgan fingerprint density at radius 1 is 1.22 bits per heavy atom. The summed E-state index contributed by atoms with van der Waals surface area (Å²) in [6.45, 7) is 5.14. The van der Waals surface area contributed by atoms with E-state index in [0.717, 1.165) is 27.7 Å². The average molecular weight is 466 g/mol. The van der Waals surface area contributed by atoms with E-state index in [1.807, 2.05) is 31.4 Å². The van der Waals surface area contributed by atoms with Crippen molar-refractivity contribution in [3.8, 4) is 11.3 Å². The van der Waals surface area contributed by atoms with Crippen LogP contribution in [0.3, 0.4) is 0 Å². The molecule has 0 fully saturated rings. The fraction of sp³-hybridized carbons (Fsp3) is 0.391. The van der Waals surface area contributed by atoms with Crippen LogP contribution in [0.5, 0.6) is 0 Å². The third-order valence-corrected chi connectivity index (χ3v) is 6.18. The van der Waals surface area contributed by atoms with E-state index < -0.39 is 12.7 Å². The van der Waals surface area contributed by atoms with E-state index in [4.69, 9.17) is 4.74 Å². The zero-order valence-electron chi connectivity index (χ0n) is 18.4. The van der Waals surface area contributed by atoms with Crippen LogP contribution in [0.2, 0.25) is 0 Å². The molecule has 0 spiro atoms. The first-order valence-electron chi connectivity index (χ1n) is 10.1. The lowest BCUT2D eigenvalue weighted by atomic mass is 10.2. The van der Waals surface area contributed by atoms with Gasteiger partial charge in [0.2, 0.25) is 0 Å². The third-order valence-electron chi connectivity index (χ3n) is 5.19. The number of ketones is 1. The van der Waals surface area contributed by atoms with Crippen molar-refractivity contribution in [1.29, 1.82) is 0 Å². The van der Waals surface area contributed by atoms with Crippen LogP contribution in [0.1, 0.15) is 34.7 Å². The Morgan fingerprint density at radius 2 is 1.91 bits per heavy atom. The van der Waals surface area contributed by atoms with E-state index in [1.165, 1.54) is 6.20 Å². The van der Waals surface area contributed by atoms with Gasteiger partial charge in [-0.1, -0.05) is 42.1 Å². The highest BCUT2D eigenvalue weighted by atomic mass is 32.2. The summed E-state index contributed by atoms with van der Waals surface area (Å²) in [6.07, 6.45) is -2.99. The van der Waals surface area contributed by atoms with Crippen LogP contribution in [0.4, 0.5) is 13.2 Å². The second-order valence-electron chi connectivity index (χ2n) is 7.66. The summed E-state index contributed by atoms with van der Waals surface area (Å²) in [6, 6.07) is 10.7. The third kappa shape index (κ3) is 5.45. The zero-order valence-corrected chi connectivity index (χ0v) is 19.3. The van der Waals surface area contributed by atoms with Gasteiger partial charge in [-0.2, -0.15) is 13.2 Å².